The lowest BCUT2D eigenvalue weighted by Gasteiger charge is -2.37. The zero-order chi connectivity index (χ0) is 41.4. The number of thiophene rings is 1. The highest BCUT2D eigenvalue weighted by atomic mass is 32.2. The van der Waals surface area contributed by atoms with Gasteiger partial charge in [0.25, 0.3) is 0 Å². The summed E-state index contributed by atoms with van der Waals surface area (Å²) in [6.07, 6.45) is 17.5. The molecule has 8 aromatic rings. The van der Waals surface area contributed by atoms with Crippen LogP contribution in [0.25, 0.3) is 33.4 Å². The molecule has 0 fully saturated rings. The van der Waals surface area contributed by atoms with Gasteiger partial charge in [0.15, 0.2) is 0 Å². The van der Waals surface area contributed by atoms with E-state index in [-0.39, 0.29) is 23.7 Å². The fourth-order valence-corrected chi connectivity index (χ4v) is 13.1. The number of allylic oxidation sites excluding steroid dienone is 4. The van der Waals surface area contributed by atoms with Crippen molar-refractivity contribution in [2.24, 2.45) is 0 Å². The second-order valence-electron chi connectivity index (χ2n) is 17.1. The molecule has 2 heteroatoms. The van der Waals surface area contributed by atoms with E-state index in [1.165, 1.54) is 90.8 Å². The molecule has 0 nitrogen and oxygen atoms in total. The maximum Gasteiger partial charge on any atom is 0.0358 e. The van der Waals surface area contributed by atoms with Gasteiger partial charge in [-0.3, -0.25) is 0 Å². The van der Waals surface area contributed by atoms with Crippen LogP contribution in [0.3, 0.4) is 0 Å². The fraction of sp³-hybridized carbons (Fsp3) is 0.167. The summed E-state index contributed by atoms with van der Waals surface area (Å²) in [5, 5.41) is 2.83. The van der Waals surface area contributed by atoms with Crippen LogP contribution in [0.15, 0.2) is 203 Å². The van der Waals surface area contributed by atoms with Crippen molar-refractivity contribution in [3.05, 3.63) is 248 Å². The smallest absolute Gasteiger partial charge is 0.0358 e. The summed E-state index contributed by atoms with van der Waals surface area (Å²) in [7, 11) is 0. The van der Waals surface area contributed by atoms with Gasteiger partial charge in [-0.25, -0.2) is 0 Å². The summed E-state index contributed by atoms with van der Waals surface area (Å²) in [5.41, 5.74) is 15.5. The molecule has 1 aromatic heterocycles. The molecular weight excluding hydrogens is 785 g/mol. The van der Waals surface area contributed by atoms with Crippen LogP contribution in [0, 0.1) is 0 Å². The van der Waals surface area contributed by atoms with E-state index in [1.54, 1.807) is 0 Å². The van der Waals surface area contributed by atoms with E-state index >= 15 is 0 Å². The highest BCUT2D eigenvalue weighted by Gasteiger charge is 2.40. The van der Waals surface area contributed by atoms with Gasteiger partial charge in [0.2, 0.25) is 0 Å². The van der Waals surface area contributed by atoms with Crippen molar-refractivity contribution in [2.75, 3.05) is 0 Å². The third-order valence-electron chi connectivity index (χ3n) is 13.5. The Morgan fingerprint density at radius 3 is 1.98 bits per heavy atom. The monoisotopic (exact) mass is 834 g/mol. The molecule has 0 N–H and O–H groups in total. The number of rotatable bonds is 9. The summed E-state index contributed by atoms with van der Waals surface area (Å²) in [5.74, 6) is 0.991. The van der Waals surface area contributed by atoms with E-state index in [9.17, 15) is 0 Å². The van der Waals surface area contributed by atoms with E-state index in [0.717, 1.165) is 32.1 Å². The summed E-state index contributed by atoms with van der Waals surface area (Å²) in [4.78, 5) is 2.74. The number of fused-ring (bicyclic) bond motifs is 11. The molecule has 62 heavy (non-hydrogen) atoms. The zero-order valence-electron chi connectivity index (χ0n) is 35.2. The van der Waals surface area contributed by atoms with Crippen molar-refractivity contribution in [3.8, 4) is 11.1 Å². The molecule has 4 unspecified atom stereocenters. The Balaban J connectivity index is 1.05. The Hall–Kier alpha value is -5.93. The molecule has 2 aliphatic carbocycles. The van der Waals surface area contributed by atoms with Crippen molar-refractivity contribution < 1.29 is 0 Å². The first-order chi connectivity index (χ1) is 30.7. The molecule has 0 saturated heterocycles. The Morgan fingerprint density at radius 2 is 1.26 bits per heavy atom. The van der Waals surface area contributed by atoms with Gasteiger partial charge >= 0.3 is 0 Å². The average Bonchev–Trinajstić information content (AvgIpc) is 3.61. The number of hydrogen-bond donors (Lipinski definition) is 0. The maximum atomic E-state index is 2.58. The van der Waals surface area contributed by atoms with Crippen LogP contribution in [0.1, 0.15) is 101 Å². The Morgan fingerprint density at radius 1 is 0.581 bits per heavy atom. The second-order valence-corrected chi connectivity index (χ2v) is 19.3. The lowest BCUT2D eigenvalue weighted by Crippen LogP contribution is -2.21. The summed E-state index contributed by atoms with van der Waals surface area (Å²) in [6, 6.07) is 64.3. The maximum absolute atomic E-state index is 2.58. The highest BCUT2D eigenvalue weighted by Crippen LogP contribution is 2.58. The van der Waals surface area contributed by atoms with Gasteiger partial charge < -0.3 is 0 Å². The average molecular weight is 835 g/mol. The first-order valence-corrected chi connectivity index (χ1v) is 24.1. The minimum atomic E-state index is 0.238. The lowest BCUT2D eigenvalue weighted by molar-refractivity contribution is 0.669. The van der Waals surface area contributed by atoms with E-state index in [1.807, 2.05) is 23.1 Å². The van der Waals surface area contributed by atoms with E-state index < -0.39 is 0 Å². The number of benzene rings is 7. The van der Waals surface area contributed by atoms with Crippen molar-refractivity contribution in [1.82, 2.24) is 0 Å². The molecule has 7 aromatic carbocycles. The molecule has 4 atom stereocenters. The first kappa shape index (κ1) is 39.0. The minimum absolute atomic E-state index is 0.238. The van der Waals surface area contributed by atoms with Crippen LogP contribution in [-0.2, 0) is 6.42 Å². The van der Waals surface area contributed by atoms with Gasteiger partial charge in [0.1, 0.15) is 0 Å². The predicted octanol–water partition coefficient (Wildman–Crippen LogP) is 15.1. The van der Waals surface area contributed by atoms with Crippen LogP contribution in [0.5, 0.6) is 0 Å². The number of hydrogen-bond acceptors (Lipinski definition) is 2. The van der Waals surface area contributed by atoms with Crippen molar-refractivity contribution in [1.29, 1.82) is 0 Å². The van der Waals surface area contributed by atoms with Crippen LogP contribution in [0.4, 0.5) is 0 Å². The molecule has 11 rings (SSSR count). The fourth-order valence-electron chi connectivity index (χ4n) is 10.7. The molecular formula is C60H50S2. The molecule has 2 heterocycles. The minimum Gasteiger partial charge on any atom is -0.136 e. The van der Waals surface area contributed by atoms with Gasteiger partial charge in [-0.05, 0) is 117 Å². The third kappa shape index (κ3) is 7.14. The standard InChI is InChI=1S/C60H50S2/c1-2-19-49-56(62-57-33-18-30-47(58(49)57)52(42-24-10-5-11-25-42)38-40-20-6-3-7-21-40)37-36-44(41-22-8-4-9-23-41)43-34-35-48-53(39-43)45-26-12-13-27-46(45)59-50-28-14-16-31-54(50)61-55-32-17-15-29-51(55)60(48)59/h3,5-8,10-35,37,39,44,52,59-60H,2,4,9,36,38H2,1H3/b49-19+,56-37+. The predicted molar refractivity (Wildman–Crippen MR) is 265 cm³/mol. The van der Waals surface area contributed by atoms with Gasteiger partial charge in [0, 0.05) is 48.1 Å². The van der Waals surface area contributed by atoms with Gasteiger partial charge in [-0.15, -0.1) is 11.3 Å². The van der Waals surface area contributed by atoms with Crippen molar-refractivity contribution >= 4 is 45.3 Å². The first-order valence-electron chi connectivity index (χ1n) is 22.5. The molecule has 1 aliphatic heterocycles. The molecule has 0 spiro atoms. The van der Waals surface area contributed by atoms with Crippen LogP contribution >= 0.6 is 23.1 Å². The van der Waals surface area contributed by atoms with E-state index in [4.69, 9.17) is 0 Å². The largest absolute Gasteiger partial charge is 0.136 e. The zero-order valence-corrected chi connectivity index (χ0v) is 36.8. The Labute approximate surface area is 374 Å². The summed E-state index contributed by atoms with van der Waals surface area (Å²) in [6.45, 7) is 2.29. The molecule has 0 bridgehead atoms. The normalized spacial score (nSPS) is 17.9. The topological polar surface area (TPSA) is 0 Å². The van der Waals surface area contributed by atoms with Gasteiger partial charge in [-0.1, -0.05) is 201 Å². The van der Waals surface area contributed by atoms with E-state index in [0.29, 0.717) is 0 Å². The SMILES string of the molecule is CC/C=c1\c(=C/CC(C2=CCCC=C2)c2ccc3c(c2)-c2ccccc2C2c4ccccc4Sc4ccccc4C32)sc2cccc(C(Cc3ccccc3)c3ccccc3)c12. The Bertz CT molecular complexity index is 3110. The van der Waals surface area contributed by atoms with Crippen molar-refractivity contribution in [2.45, 2.75) is 72.5 Å². The van der Waals surface area contributed by atoms with Gasteiger partial charge in [-0.2, -0.15) is 0 Å². The highest BCUT2D eigenvalue weighted by molar-refractivity contribution is 7.99. The van der Waals surface area contributed by atoms with Crippen LogP contribution < -0.4 is 9.75 Å². The summed E-state index contributed by atoms with van der Waals surface area (Å²) < 4.78 is 2.77. The van der Waals surface area contributed by atoms with Crippen LogP contribution in [-0.4, -0.2) is 0 Å². The third-order valence-corrected chi connectivity index (χ3v) is 15.9. The second kappa shape index (κ2) is 17.1. The quantitative estimate of drug-likeness (QED) is 0.140. The summed E-state index contributed by atoms with van der Waals surface area (Å²) >= 11 is 3.91. The molecule has 0 radical (unpaired) electrons. The van der Waals surface area contributed by atoms with E-state index in [2.05, 4.69) is 207 Å². The molecule has 0 saturated carbocycles. The molecule has 3 aliphatic rings. The molecule has 0 amide bonds. The van der Waals surface area contributed by atoms with Crippen LogP contribution in [0.2, 0.25) is 0 Å². The Kier molecular flexibility index (Phi) is 10.7. The lowest BCUT2D eigenvalue weighted by atomic mass is 9.66. The molecule has 302 valence electrons. The van der Waals surface area contributed by atoms with Crippen molar-refractivity contribution in [3.63, 3.8) is 0 Å². The van der Waals surface area contributed by atoms with Gasteiger partial charge in [0.05, 0.1) is 0 Å².